The van der Waals surface area contributed by atoms with E-state index in [0.29, 0.717) is 25.5 Å². The monoisotopic (exact) mass is 736 g/mol. The lowest BCUT2D eigenvalue weighted by Crippen LogP contribution is -2.61. The zero-order valence-electron chi connectivity index (χ0n) is 32.0. The number of benzene rings is 1. The zero-order valence-corrected chi connectivity index (χ0v) is 32.0. The molecule has 3 rings (SSSR count). The average molecular weight is 736 g/mol. The second-order valence-electron chi connectivity index (χ2n) is 14.3. The van der Waals surface area contributed by atoms with Gasteiger partial charge in [-0.2, -0.15) is 0 Å². The van der Waals surface area contributed by atoms with E-state index in [9.17, 15) is 20.4 Å². The normalized spacial score (nSPS) is 20.3. The number of rotatable bonds is 31. The molecular weight excluding hydrogens is 666 g/mol. The highest BCUT2D eigenvalue weighted by Crippen LogP contribution is 2.25. The summed E-state index contributed by atoms with van der Waals surface area (Å²) < 4.78 is 23.7. The molecule has 2 aromatic rings. The minimum Gasteiger partial charge on any atom is -0.493 e. The van der Waals surface area contributed by atoms with E-state index in [-0.39, 0.29) is 6.61 Å². The Morgan fingerprint density at radius 1 is 0.635 bits per heavy atom. The predicted molar refractivity (Wildman–Crippen MR) is 200 cm³/mol. The summed E-state index contributed by atoms with van der Waals surface area (Å²) in [6.45, 7) is 5.72. The molecule has 0 saturated carbocycles. The number of hydrogen-bond acceptors (Lipinski definition) is 11. The summed E-state index contributed by atoms with van der Waals surface area (Å²) in [5, 5.41) is 47.6. The largest absolute Gasteiger partial charge is 0.493 e. The predicted octanol–water partition coefficient (Wildman–Crippen LogP) is 6.82. The maximum Gasteiger partial charge on any atom is 0.256 e. The minimum absolute atomic E-state index is 0.135. The van der Waals surface area contributed by atoms with Gasteiger partial charge in [-0.1, -0.05) is 134 Å². The van der Waals surface area contributed by atoms with Crippen LogP contribution in [0.5, 0.6) is 11.5 Å². The van der Waals surface area contributed by atoms with Gasteiger partial charge < -0.3 is 44.2 Å². The Morgan fingerprint density at radius 2 is 1.13 bits per heavy atom. The first-order valence-electron chi connectivity index (χ1n) is 20.3. The first kappa shape index (κ1) is 43.9. The standard InChI is InChI=1S/C40H69N3O9/c1-3-5-7-9-11-13-15-17-19-21-23-49-34-25-32(26-35(27-34)50-24-22-20-18-16-14-12-10-8-6-4-2)30-48-31-33-28-43(42-41-33)52-40-39(47)38(46)37(45)36(29-44)51-40/h25-28,36-40,44-47H,3-24,29-31H2,1-2H3/t36-,37-,38+,39+,40-/m1/s1. The van der Waals surface area contributed by atoms with E-state index in [2.05, 4.69) is 24.2 Å². The quantitative estimate of drug-likeness (QED) is 0.0602. The van der Waals surface area contributed by atoms with Crippen molar-refractivity contribution >= 4 is 0 Å². The molecule has 1 aromatic heterocycles. The van der Waals surface area contributed by atoms with Crippen LogP contribution in [0.4, 0.5) is 0 Å². The van der Waals surface area contributed by atoms with Crippen LogP contribution in [0.3, 0.4) is 0 Å². The summed E-state index contributed by atoms with van der Waals surface area (Å²) in [5.74, 6) is 1.54. The lowest BCUT2D eigenvalue weighted by Gasteiger charge is -2.38. The van der Waals surface area contributed by atoms with Gasteiger partial charge in [-0.25, -0.2) is 0 Å². The van der Waals surface area contributed by atoms with E-state index in [1.807, 2.05) is 18.2 Å². The molecule has 12 nitrogen and oxygen atoms in total. The highest BCUT2D eigenvalue weighted by atomic mass is 16.8. The molecule has 2 heterocycles. The van der Waals surface area contributed by atoms with Gasteiger partial charge >= 0.3 is 0 Å². The average Bonchev–Trinajstić information content (AvgIpc) is 3.60. The van der Waals surface area contributed by atoms with Gasteiger partial charge in [0.25, 0.3) is 6.29 Å². The smallest absolute Gasteiger partial charge is 0.256 e. The van der Waals surface area contributed by atoms with E-state index in [1.165, 1.54) is 122 Å². The van der Waals surface area contributed by atoms with Crippen molar-refractivity contribution < 1.29 is 44.2 Å². The lowest BCUT2D eigenvalue weighted by atomic mass is 9.99. The van der Waals surface area contributed by atoms with Crippen molar-refractivity contribution in [3.8, 4) is 11.5 Å². The van der Waals surface area contributed by atoms with Crippen LogP contribution in [0.1, 0.15) is 154 Å². The van der Waals surface area contributed by atoms with Gasteiger partial charge in [-0.05, 0) is 35.8 Å². The number of ether oxygens (including phenoxy) is 4. The number of aliphatic hydroxyl groups is 4. The molecule has 0 amide bonds. The number of hydrogen-bond donors (Lipinski definition) is 4. The Kier molecular flexibility index (Phi) is 22.9. The maximum atomic E-state index is 10.2. The zero-order chi connectivity index (χ0) is 37.2. The van der Waals surface area contributed by atoms with Crippen LogP contribution in [0.2, 0.25) is 0 Å². The van der Waals surface area contributed by atoms with Crippen LogP contribution in [0, 0.1) is 0 Å². The molecule has 0 unspecified atom stereocenters. The molecule has 1 fully saturated rings. The summed E-state index contributed by atoms with van der Waals surface area (Å²) in [6.07, 6.45) is 20.0. The van der Waals surface area contributed by atoms with Gasteiger partial charge in [0.05, 0.1) is 39.2 Å². The minimum atomic E-state index is -1.55. The fraction of sp³-hybridized carbons (Fsp3) is 0.800. The van der Waals surface area contributed by atoms with Crippen molar-refractivity contribution in [3.63, 3.8) is 0 Å². The number of nitrogens with zero attached hydrogens (tertiary/aromatic N) is 3. The molecule has 1 aliphatic heterocycles. The SMILES string of the molecule is CCCCCCCCCCCCOc1cc(COCc2cn(O[C@H]3O[C@H](CO)[C@@H](O)[C@H](O)[C@@H]3O)nn2)cc(OCCCCCCCCCCCC)c1. The fourth-order valence-corrected chi connectivity index (χ4v) is 6.37. The first-order chi connectivity index (χ1) is 25.4. The molecule has 12 heteroatoms. The molecule has 52 heavy (non-hydrogen) atoms. The molecular formula is C40H69N3O9. The summed E-state index contributed by atoms with van der Waals surface area (Å²) in [6, 6.07) is 5.95. The summed E-state index contributed by atoms with van der Waals surface area (Å²) in [7, 11) is 0. The van der Waals surface area contributed by atoms with Crippen molar-refractivity contribution in [1.82, 2.24) is 15.2 Å². The Morgan fingerprint density at radius 3 is 1.63 bits per heavy atom. The Bertz CT molecular complexity index is 1120. The third kappa shape index (κ3) is 17.6. The van der Waals surface area contributed by atoms with E-state index < -0.39 is 37.3 Å². The summed E-state index contributed by atoms with van der Waals surface area (Å²) in [5.41, 5.74) is 1.39. The Balaban J connectivity index is 1.44. The van der Waals surface area contributed by atoms with Crippen LogP contribution < -0.4 is 14.3 Å². The summed E-state index contributed by atoms with van der Waals surface area (Å²) >= 11 is 0. The van der Waals surface area contributed by atoms with E-state index in [1.54, 1.807) is 0 Å². The van der Waals surface area contributed by atoms with Crippen molar-refractivity contribution in [2.24, 2.45) is 0 Å². The molecule has 298 valence electrons. The molecule has 0 bridgehead atoms. The second-order valence-corrected chi connectivity index (χ2v) is 14.3. The van der Waals surface area contributed by atoms with Crippen molar-refractivity contribution in [1.29, 1.82) is 0 Å². The van der Waals surface area contributed by atoms with Crippen molar-refractivity contribution in [2.45, 2.75) is 186 Å². The van der Waals surface area contributed by atoms with Gasteiger partial charge in [0.15, 0.2) is 0 Å². The molecule has 4 N–H and O–H groups in total. The number of aromatic nitrogens is 3. The highest BCUT2D eigenvalue weighted by Gasteiger charge is 2.45. The fourth-order valence-electron chi connectivity index (χ4n) is 6.37. The number of unbranched alkanes of at least 4 members (excludes halogenated alkanes) is 18. The molecule has 1 aliphatic rings. The van der Waals surface area contributed by atoms with Gasteiger partial charge in [0.1, 0.15) is 41.6 Å². The lowest BCUT2D eigenvalue weighted by molar-refractivity contribution is -0.303. The third-order valence-electron chi connectivity index (χ3n) is 9.57. The second kappa shape index (κ2) is 27.2. The van der Waals surface area contributed by atoms with E-state index in [4.69, 9.17) is 23.8 Å². The number of aliphatic hydroxyl groups excluding tert-OH is 4. The molecule has 1 saturated heterocycles. The van der Waals surface area contributed by atoms with Crippen LogP contribution >= 0.6 is 0 Å². The molecule has 0 spiro atoms. The van der Waals surface area contributed by atoms with Crippen LogP contribution in [0.25, 0.3) is 0 Å². The maximum absolute atomic E-state index is 10.2. The molecule has 0 radical (unpaired) electrons. The highest BCUT2D eigenvalue weighted by molar-refractivity contribution is 5.38. The first-order valence-corrected chi connectivity index (χ1v) is 20.3. The van der Waals surface area contributed by atoms with Crippen molar-refractivity contribution in [3.05, 3.63) is 35.7 Å². The molecule has 1 aromatic carbocycles. The van der Waals surface area contributed by atoms with Gasteiger partial charge in [0.2, 0.25) is 0 Å². The van der Waals surface area contributed by atoms with Crippen LogP contribution in [0.15, 0.2) is 24.4 Å². The van der Waals surface area contributed by atoms with Crippen molar-refractivity contribution in [2.75, 3.05) is 19.8 Å². The van der Waals surface area contributed by atoms with Gasteiger partial charge in [0, 0.05) is 6.07 Å². The topological polar surface area (TPSA) is 158 Å². The van der Waals surface area contributed by atoms with E-state index >= 15 is 0 Å². The van der Waals surface area contributed by atoms with Crippen LogP contribution in [-0.4, -0.2) is 86.1 Å². The van der Waals surface area contributed by atoms with Gasteiger partial charge in [-0.15, -0.1) is 5.10 Å². The summed E-state index contributed by atoms with van der Waals surface area (Å²) in [4.78, 5) is 6.47. The van der Waals surface area contributed by atoms with Gasteiger partial charge in [-0.3, -0.25) is 0 Å². The third-order valence-corrected chi connectivity index (χ3v) is 9.57. The Labute approximate surface area is 312 Å². The Hall–Kier alpha value is -2.48. The van der Waals surface area contributed by atoms with Crippen LogP contribution in [-0.2, 0) is 22.7 Å². The molecule has 5 atom stereocenters. The molecule has 0 aliphatic carbocycles. The van der Waals surface area contributed by atoms with E-state index in [0.717, 1.165) is 34.7 Å².